The molecule has 1 aliphatic heterocycles. The fourth-order valence-corrected chi connectivity index (χ4v) is 4.20. The number of aliphatic hydroxyl groups is 1. The number of hydrogen-bond acceptors (Lipinski definition) is 4. The Morgan fingerprint density at radius 1 is 1.07 bits per heavy atom. The van der Waals surface area contributed by atoms with Crippen molar-refractivity contribution in [2.75, 3.05) is 17.3 Å². The molecule has 2 aromatic carbocycles. The third kappa shape index (κ3) is 3.55. The van der Waals surface area contributed by atoms with Crippen LogP contribution < -0.4 is 4.90 Å². The summed E-state index contributed by atoms with van der Waals surface area (Å²) in [6.45, 7) is 5.62. The Labute approximate surface area is 167 Å². The van der Waals surface area contributed by atoms with Crippen molar-refractivity contribution in [2.24, 2.45) is 0 Å². The van der Waals surface area contributed by atoms with E-state index in [1.807, 2.05) is 32.0 Å². The van der Waals surface area contributed by atoms with Gasteiger partial charge in [-0.1, -0.05) is 41.4 Å². The topological polar surface area (TPSA) is 57.6 Å². The van der Waals surface area contributed by atoms with Crippen molar-refractivity contribution < 1.29 is 14.7 Å². The molecule has 4 nitrogen and oxygen atoms in total. The highest BCUT2D eigenvalue weighted by molar-refractivity contribution is 8.04. The Hall–Kier alpha value is -2.08. The fourth-order valence-electron chi connectivity index (χ4n) is 3.18. The first-order valence-electron chi connectivity index (χ1n) is 8.56. The second-order valence-corrected chi connectivity index (χ2v) is 7.94. The van der Waals surface area contributed by atoms with Crippen LogP contribution in [0.4, 0.5) is 5.69 Å². The van der Waals surface area contributed by atoms with Crippen LogP contribution in [0.5, 0.6) is 0 Å². The molecule has 140 valence electrons. The molecule has 0 radical (unpaired) electrons. The zero-order valence-corrected chi connectivity index (χ0v) is 16.9. The molecule has 3 rings (SSSR count). The maximum atomic E-state index is 13.3. The van der Waals surface area contributed by atoms with Gasteiger partial charge in [0.15, 0.2) is 0 Å². The van der Waals surface area contributed by atoms with Crippen LogP contribution in [0.1, 0.15) is 22.3 Å². The number of carbonyl (C=O) groups excluding carboxylic acids is 2. The number of aryl methyl sites for hydroxylation is 2. The number of hydrogen-bond donors (Lipinski definition) is 1. The van der Waals surface area contributed by atoms with Gasteiger partial charge in [-0.2, -0.15) is 0 Å². The van der Waals surface area contributed by atoms with E-state index in [1.165, 1.54) is 16.7 Å². The third-order valence-electron chi connectivity index (χ3n) is 4.51. The molecule has 1 N–H and O–H groups in total. The largest absolute Gasteiger partial charge is 0.396 e. The predicted molar refractivity (Wildman–Crippen MR) is 111 cm³/mol. The molecule has 1 aliphatic rings. The first-order chi connectivity index (χ1) is 12.9. The lowest BCUT2D eigenvalue weighted by atomic mass is 9.98. The molecule has 0 saturated carbocycles. The van der Waals surface area contributed by atoms with Gasteiger partial charge in [0.1, 0.15) is 0 Å². The molecule has 0 bridgehead atoms. The average molecular weight is 402 g/mol. The highest BCUT2D eigenvalue weighted by Gasteiger charge is 2.41. The van der Waals surface area contributed by atoms with Crippen molar-refractivity contribution in [1.82, 2.24) is 0 Å². The number of thioether (sulfide) groups is 1. The normalized spacial score (nSPS) is 14.5. The number of aliphatic hydroxyl groups excluding tert-OH is 1. The van der Waals surface area contributed by atoms with Gasteiger partial charge in [0, 0.05) is 10.8 Å². The predicted octanol–water partition coefficient (Wildman–Crippen LogP) is 4.28. The SMILES string of the molecule is Cc1ccc(C2=C(SCCO)C(=O)N(c3cccc(Cl)c3C)C2=O)c(C)c1. The van der Waals surface area contributed by atoms with E-state index in [-0.39, 0.29) is 18.4 Å². The van der Waals surface area contributed by atoms with Crippen molar-refractivity contribution >= 4 is 46.4 Å². The average Bonchev–Trinajstić information content (AvgIpc) is 2.86. The minimum atomic E-state index is -0.376. The molecule has 1 heterocycles. The van der Waals surface area contributed by atoms with Crippen LogP contribution in [-0.4, -0.2) is 29.3 Å². The Balaban J connectivity index is 2.16. The zero-order valence-electron chi connectivity index (χ0n) is 15.4. The van der Waals surface area contributed by atoms with E-state index in [0.717, 1.165) is 16.7 Å². The van der Waals surface area contributed by atoms with Gasteiger partial charge in [-0.05, 0) is 49.6 Å². The summed E-state index contributed by atoms with van der Waals surface area (Å²) in [6, 6.07) is 11.0. The number of amides is 2. The van der Waals surface area contributed by atoms with Crippen molar-refractivity contribution in [2.45, 2.75) is 20.8 Å². The van der Waals surface area contributed by atoms with Gasteiger partial charge in [0.05, 0.1) is 22.8 Å². The number of nitrogens with zero attached hydrogens (tertiary/aromatic N) is 1. The number of carbonyl (C=O) groups is 2. The highest BCUT2D eigenvalue weighted by Crippen LogP contribution is 2.41. The summed E-state index contributed by atoms with van der Waals surface area (Å²) in [5.41, 5.74) is 4.30. The minimum absolute atomic E-state index is 0.0774. The highest BCUT2D eigenvalue weighted by atomic mass is 35.5. The van der Waals surface area contributed by atoms with Gasteiger partial charge >= 0.3 is 0 Å². The van der Waals surface area contributed by atoms with Crippen molar-refractivity contribution in [3.05, 3.63) is 68.6 Å². The summed E-state index contributed by atoms with van der Waals surface area (Å²) in [5, 5.41) is 9.72. The Bertz CT molecular complexity index is 968. The van der Waals surface area contributed by atoms with Crippen LogP contribution >= 0.6 is 23.4 Å². The molecule has 0 unspecified atom stereocenters. The lowest BCUT2D eigenvalue weighted by molar-refractivity contribution is -0.119. The molecule has 6 heteroatoms. The second-order valence-electron chi connectivity index (χ2n) is 6.42. The van der Waals surface area contributed by atoms with Crippen LogP contribution in [0.15, 0.2) is 41.3 Å². The maximum Gasteiger partial charge on any atom is 0.272 e. The number of halogens is 1. The number of anilines is 1. The number of imide groups is 1. The fraction of sp³-hybridized carbons (Fsp3) is 0.238. The molecule has 0 spiro atoms. The van der Waals surface area contributed by atoms with E-state index in [0.29, 0.717) is 32.5 Å². The summed E-state index contributed by atoms with van der Waals surface area (Å²) < 4.78 is 0. The Kier molecular flexibility index (Phi) is 5.75. The summed E-state index contributed by atoms with van der Waals surface area (Å²) in [5.74, 6) is -0.401. The van der Waals surface area contributed by atoms with Crippen molar-refractivity contribution in [1.29, 1.82) is 0 Å². The lowest BCUT2D eigenvalue weighted by Gasteiger charge is -2.18. The summed E-state index contributed by atoms with van der Waals surface area (Å²) in [6.07, 6.45) is 0. The van der Waals surface area contributed by atoms with Crippen LogP contribution in [0.3, 0.4) is 0 Å². The summed E-state index contributed by atoms with van der Waals surface area (Å²) >= 11 is 7.41. The van der Waals surface area contributed by atoms with Gasteiger partial charge in [-0.3, -0.25) is 9.59 Å². The van der Waals surface area contributed by atoms with Crippen molar-refractivity contribution in [3.8, 4) is 0 Å². The molecule has 0 aliphatic carbocycles. The molecular weight excluding hydrogens is 382 g/mol. The molecule has 0 atom stereocenters. The lowest BCUT2D eigenvalue weighted by Crippen LogP contribution is -2.32. The number of rotatable bonds is 5. The van der Waals surface area contributed by atoms with Crippen LogP contribution in [0.25, 0.3) is 5.57 Å². The van der Waals surface area contributed by atoms with Crippen molar-refractivity contribution in [3.63, 3.8) is 0 Å². The molecule has 0 fully saturated rings. The van der Waals surface area contributed by atoms with E-state index in [2.05, 4.69) is 0 Å². The Morgan fingerprint density at radius 3 is 2.48 bits per heavy atom. The van der Waals surface area contributed by atoms with E-state index in [4.69, 9.17) is 11.6 Å². The smallest absolute Gasteiger partial charge is 0.272 e. The molecular formula is C21H20ClNO3S. The van der Waals surface area contributed by atoms with Gasteiger partial charge < -0.3 is 5.11 Å². The molecule has 0 aromatic heterocycles. The Morgan fingerprint density at radius 2 is 1.81 bits per heavy atom. The van der Waals surface area contributed by atoms with E-state index >= 15 is 0 Å². The van der Waals surface area contributed by atoms with Crippen LogP contribution in [-0.2, 0) is 9.59 Å². The van der Waals surface area contributed by atoms with E-state index < -0.39 is 0 Å². The quantitative estimate of drug-likeness (QED) is 0.760. The van der Waals surface area contributed by atoms with Gasteiger partial charge in [-0.25, -0.2) is 4.90 Å². The first-order valence-corrected chi connectivity index (χ1v) is 9.92. The maximum absolute atomic E-state index is 13.3. The third-order valence-corrected chi connectivity index (χ3v) is 5.97. The molecule has 2 aromatic rings. The minimum Gasteiger partial charge on any atom is -0.396 e. The first kappa shape index (κ1) is 19.7. The van der Waals surface area contributed by atoms with Gasteiger partial charge in [0.25, 0.3) is 11.8 Å². The summed E-state index contributed by atoms with van der Waals surface area (Å²) in [7, 11) is 0. The van der Waals surface area contributed by atoms with Crippen LogP contribution in [0.2, 0.25) is 5.02 Å². The second kappa shape index (κ2) is 7.89. The summed E-state index contributed by atoms with van der Waals surface area (Å²) in [4.78, 5) is 28.0. The van der Waals surface area contributed by atoms with E-state index in [1.54, 1.807) is 25.1 Å². The van der Waals surface area contributed by atoms with Gasteiger partial charge in [0.2, 0.25) is 0 Å². The zero-order chi connectivity index (χ0) is 19.7. The number of benzene rings is 2. The van der Waals surface area contributed by atoms with Gasteiger partial charge in [-0.15, -0.1) is 11.8 Å². The molecule has 0 saturated heterocycles. The van der Waals surface area contributed by atoms with Crippen LogP contribution in [0, 0.1) is 20.8 Å². The molecule has 2 amide bonds. The standard InChI is InChI=1S/C21H20ClNO3S/c1-12-7-8-15(13(2)11-12)18-19(27-10-9-24)21(26)23(20(18)25)17-6-4-5-16(22)14(17)3/h4-8,11,24H,9-10H2,1-3H3. The van der Waals surface area contributed by atoms with E-state index in [9.17, 15) is 14.7 Å². The monoisotopic (exact) mass is 401 g/mol. The molecule has 27 heavy (non-hydrogen) atoms.